The van der Waals surface area contributed by atoms with Crippen LogP contribution in [-0.4, -0.2) is 45.1 Å². The summed E-state index contributed by atoms with van der Waals surface area (Å²) in [5.74, 6) is 1.23. The number of hydrogen-bond acceptors (Lipinski definition) is 6. The molecule has 1 saturated heterocycles. The minimum Gasteiger partial charge on any atom is -0.496 e. The highest BCUT2D eigenvalue weighted by molar-refractivity contribution is 7.93. The SMILES string of the molecule is COc1cc(-c2ccnc(N3CCCC3)c2)cc2c1cnn2C1=CC(=O)NS1=O. The number of carbonyl (C=O) groups excluding carboxylic acids is 1. The highest BCUT2D eigenvalue weighted by Gasteiger charge is 2.24. The summed E-state index contributed by atoms with van der Waals surface area (Å²) >= 11 is 0. The normalized spacial score (nSPS) is 18.9. The number of nitrogens with one attached hydrogen (secondary N) is 1. The van der Waals surface area contributed by atoms with E-state index in [9.17, 15) is 9.00 Å². The van der Waals surface area contributed by atoms with E-state index in [-0.39, 0.29) is 0 Å². The molecule has 0 aliphatic carbocycles. The van der Waals surface area contributed by atoms with Gasteiger partial charge in [0.25, 0.3) is 5.91 Å². The number of methoxy groups -OCH3 is 1. The Bertz CT molecular complexity index is 1180. The zero-order valence-corrected chi connectivity index (χ0v) is 16.6. The number of fused-ring (bicyclic) bond motifs is 1. The molecule has 0 spiro atoms. The molecule has 2 aliphatic heterocycles. The van der Waals surface area contributed by atoms with Gasteiger partial charge in [0.1, 0.15) is 11.6 Å². The number of anilines is 1. The van der Waals surface area contributed by atoms with Crippen molar-refractivity contribution in [1.82, 2.24) is 19.5 Å². The largest absolute Gasteiger partial charge is 0.496 e. The maximum Gasteiger partial charge on any atom is 0.258 e. The Kier molecular flexibility index (Phi) is 4.31. The van der Waals surface area contributed by atoms with Gasteiger partial charge in [0.15, 0.2) is 16.0 Å². The van der Waals surface area contributed by atoms with Crippen LogP contribution in [0.1, 0.15) is 12.8 Å². The van der Waals surface area contributed by atoms with E-state index in [1.165, 1.54) is 23.6 Å². The molecule has 0 radical (unpaired) electrons. The molecule has 3 aromatic rings. The molecule has 2 aliphatic rings. The smallest absolute Gasteiger partial charge is 0.258 e. The first-order valence-electron chi connectivity index (χ1n) is 9.35. The lowest BCUT2D eigenvalue weighted by molar-refractivity contribution is -0.114. The summed E-state index contributed by atoms with van der Waals surface area (Å²) in [6.45, 7) is 2.04. The fourth-order valence-electron chi connectivity index (χ4n) is 3.80. The maximum absolute atomic E-state index is 12.2. The minimum absolute atomic E-state index is 0.302. The van der Waals surface area contributed by atoms with E-state index in [4.69, 9.17) is 4.74 Å². The first kappa shape index (κ1) is 17.9. The highest BCUT2D eigenvalue weighted by atomic mass is 32.2. The molecule has 1 N–H and O–H groups in total. The van der Waals surface area contributed by atoms with E-state index in [1.54, 1.807) is 13.3 Å². The number of rotatable bonds is 4. The van der Waals surface area contributed by atoms with Gasteiger partial charge in [0.2, 0.25) is 0 Å². The molecular formula is C20H19N5O3S. The van der Waals surface area contributed by atoms with Gasteiger partial charge in [-0.05, 0) is 48.2 Å². The first-order chi connectivity index (χ1) is 14.1. The Labute approximate surface area is 169 Å². The summed E-state index contributed by atoms with van der Waals surface area (Å²) in [5, 5.41) is 5.43. The Hall–Kier alpha value is -3.20. The summed E-state index contributed by atoms with van der Waals surface area (Å²) in [6, 6.07) is 7.96. The van der Waals surface area contributed by atoms with Gasteiger partial charge in [0.05, 0.1) is 24.2 Å². The van der Waals surface area contributed by atoms with Crippen molar-refractivity contribution >= 4 is 38.6 Å². The van der Waals surface area contributed by atoms with Gasteiger partial charge in [-0.1, -0.05) is 0 Å². The average molecular weight is 409 g/mol. The second-order valence-electron chi connectivity index (χ2n) is 6.98. The van der Waals surface area contributed by atoms with Crippen LogP contribution in [0.15, 0.2) is 42.7 Å². The van der Waals surface area contributed by atoms with Crippen molar-refractivity contribution in [2.75, 3.05) is 25.1 Å². The molecule has 29 heavy (non-hydrogen) atoms. The molecule has 4 heterocycles. The van der Waals surface area contributed by atoms with E-state index in [0.29, 0.717) is 10.8 Å². The Morgan fingerprint density at radius 3 is 2.72 bits per heavy atom. The predicted molar refractivity (Wildman–Crippen MR) is 112 cm³/mol. The third kappa shape index (κ3) is 3.07. The number of amides is 1. The average Bonchev–Trinajstić information content (AvgIpc) is 3.47. The Morgan fingerprint density at radius 1 is 1.17 bits per heavy atom. The second-order valence-corrected chi connectivity index (χ2v) is 8.14. The lowest BCUT2D eigenvalue weighted by Crippen LogP contribution is -2.18. The van der Waals surface area contributed by atoms with Crippen LogP contribution in [0.4, 0.5) is 5.82 Å². The van der Waals surface area contributed by atoms with Gasteiger partial charge in [-0.3, -0.25) is 9.52 Å². The molecule has 0 saturated carbocycles. The molecule has 1 amide bonds. The van der Waals surface area contributed by atoms with Crippen LogP contribution < -0.4 is 14.4 Å². The van der Waals surface area contributed by atoms with Gasteiger partial charge >= 0.3 is 0 Å². The predicted octanol–water partition coefficient (Wildman–Crippen LogP) is 2.30. The minimum atomic E-state index is -1.64. The topological polar surface area (TPSA) is 89.3 Å². The van der Waals surface area contributed by atoms with Crippen molar-refractivity contribution in [1.29, 1.82) is 0 Å². The number of pyridine rings is 1. The number of aromatic nitrogens is 3. The molecule has 148 valence electrons. The van der Waals surface area contributed by atoms with E-state index < -0.39 is 16.9 Å². The van der Waals surface area contributed by atoms with Gasteiger partial charge in [-0.25, -0.2) is 13.9 Å². The summed E-state index contributed by atoms with van der Waals surface area (Å²) in [6.07, 6.45) is 7.14. The van der Waals surface area contributed by atoms with Crippen molar-refractivity contribution in [3.8, 4) is 16.9 Å². The lowest BCUT2D eigenvalue weighted by atomic mass is 10.0. The van der Waals surface area contributed by atoms with Crippen molar-refractivity contribution in [3.63, 3.8) is 0 Å². The monoisotopic (exact) mass is 409 g/mol. The van der Waals surface area contributed by atoms with Crippen LogP contribution in [0.3, 0.4) is 0 Å². The molecule has 1 unspecified atom stereocenters. The molecule has 9 heteroatoms. The molecule has 0 bridgehead atoms. The van der Waals surface area contributed by atoms with Crippen LogP contribution in [-0.2, 0) is 15.8 Å². The van der Waals surface area contributed by atoms with Crippen LogP contribution in [0.2, 0.25) is 0 Å². The van der Waals surface area contributed by atoms with E-state index in [1.807, 2.05) is 24.4 Å². The van der Waals surface area contributed by atoms with E-state index in [2.05, 4.69) is 25.8 Å². The molecule has 5 rings (SSSR count). The van der Waals surface area contributed by atoms with Crippen molar-refractivity contribution in [2.45, 2.75) is 12.8 Å². The number of carbonyl (C=O) groups is 1. The number of benzene rings is 1. The van der Waals surface area contributed by atoms with Crippen molar-refractivity contribution < 1.29 is 13.7 Å². The van der Waals surface area contributed by atoms with Gasteiger partial charge in [-0.2, -0.15) is 5.10 Å². The van der Waals surface area contributed by atoms with Crippen molar-refractivity contribution in [2.24, 2.45) is 0 Å². The second kappa shape index (κ2) is 7.00. The van der Waals surface area contributed by atoms with Crippen LogP contribution >= 0.6 is 0 Å². The Morgan fingerprint density at radius 2 is 2.00 bits per heavy atom. The first-order valence-corrected chi connectivity index (χ1v) is 10.5. The molecule has 2 aromatic heterocycles. The number of ether oxygens (including phenoxy) is 1. The fraction of sp³-hybridized carbons (Fsp3) is 0.250. The lowest BCUT2D eigenvalue weighted by Gasteiger charge is -2.17. The fourth-order valence-corrected chi connectivity index (χ4v) is 4.66. The molecule has 8 nitrogen and oxygen atoms in total. The van der Waals surface area contributed by atoms with E-state index >= 15 is 0 Å². The quantitative estimate of drug-likeness (QED) is 0.711. The van der Waals surface area contributed by atoms with Crippen LogP contribution in [0.5, 0.6) is 5.75 Å². The highest BCUT2D eigenvalue weighted by Crippen LogP contribution is 2.35. The standard InChI is InChI=1S/C20H19N5O3S/c1-28-17-9-14(13-4-5-21-18(10-13)24-6-2-3-7-24)8-16-15(17)12-22-25(16)20-11-19(26)23-29(20)27/h4-5,8-12H,2-3,6-7H2,1H3,(H,23,26). The van der Waals surface area contributed by atoms with Crippen LogP contribution in [0, 0.1) is 0 Å². The number of hydrogen-bond donors (Lipinski definition) is 1. The zero-order valence-electron chi connectivity index (χ0n) is 15.8. The van der Waals surface area contributed by atoms with Gasteiger partial charge < -0.3 is 9.64 Å². The maximum atomic E-state index is 12.2. The molecular weight excluding hydrogens is 390 g/mol. The molecule has 1 fully saturated rings. The zero-order chi connectivity index (χ0) is 20.0. The molecule has 1 aromatic carbocycles. The third-order valence-corrected chi connectivity index (χ3v) is 6.28. The van der Waals surface area contributed by atoms with Gasteiger partial charge in [0, 0.05) is 25.4 Å². The third-order valence-electron chi connectivity index (χ3n) is 5.23. The summed E-state index contributed by atoms with van der Waals surface area (Å²) in [5.41, 5.74) is 2.66. The van der Waals surface area contributed by atoms with Crippen molar-refractivity contribution in [3.05, 3.63) is 42.7 Å². The Balaban J connectivity index is 1.64. The number of nitrogens with zero attached hydrogens (tertiary/aromatic N) is 4. The van der Waals surface area contributed by atoms with E-state index in [0.717, 1.165) is 40.9 Å². The van der Waals surface area contributed by atoms with Crippen LogP contribution in [0.25, 0.3) is 27.1 Å². The summed E-state index contributed by atoms with van der Waals surface area (Å²) in [7, 11) is -0.0294. The summed E-state index contributed by atoms with van der Waals surface area (Å²) < 4.78 is 21.7. The summed E-state index contributed by atoms with van der Waals surface area (Å²) in [4.78, 5) is 18.4. The van der Waals surface area contributed by atoms with Gasteiger partial charge in [-0.15, -0.1) is 0 Å². The molecule has 1 atom stereocenters.